The van der Waals surface area contributed by atoms with Crippen molar-refractivity contribution >= 4 is 44.3 Å². The van der Waals surface area contributed by atoms with E-state index in [9.17, 15) is 9.90 Å². The minimum absolute atomic E-state index is 0.0924. The van der Waals surface area contributed by atoms with Crippen LogP contribution in [0, 0.1) is 3.57 Å². The van der Waals surface area contributed by atoms with E-state index in [1.807, 2.05) is 22.6 Å². The Morgan fingerprint density at radius 2 is 2.23 bits per heavy atom. The van der Waals surface area contributed by atoms with Crippen molar-refractivity contribution in [2.75, 3.05) is 5.33 Å². The molecular formula is C9H8BrIO2. The molecule has 0 radical (unpaired) electrons. The lowest BCUT2D eigenvalue weighted by Gasteiger charge is -2.00. The molecule has 0 aliphatic rings. The molecule has 0 fully saturated rings. The quantitative estimate of drug-likeness (QED) is 0.514. The highest BCUT2D eigenvalue weighted by Gasteiger charge is 2.06. The molecule has 1 aromatic rings. The molecule has 0 atom stereocenters. The number of benzene rings is 1. The van der Waals surface area contributed by atoms with Crippen LogP contribution in [0.2, 0.25) is 0 Å². The predicted octanol–water partition coefficient (Wildman–Crippen LogP) is 2.96. The zero-order chi connectivity index (χ0) is 9.84. The van der Waals surface area contributed by atoms with Crippen LogP contribution in [-0.2, 0) is 0 Å². The first-order valence-electron chi connectivity index (χ1n) is 3.73. The number of hydrogen-bond donors (Lipinski definition) is 1. The zero-order valence-corrected chi connectivity index (χ0v) is 10.5. The second-order valence-corrected chi connectivity index (χ2v) is 4.48. The second kappa shape index (κ2) is 4.95. The molecule has 0 unspecified atom stereocenters. The molecule has 0 aliphatic heterocycles. The van der Waals surface area contributed by atoms with Crippen molar-refractivity contribution in [3.8, 4) is 5.75 Å². The van der Waals surface area contributed by atoms with Gasteiger partial charge < -0.3 is 5.11 Å². The number of phenolic OH excluding ortho intramolecular Hbond substituents is 1. The monoisotopic (exact) mass is 354 g/mol. The zero-order valence-electron chi connectivity index (χ0n) is 6.76. The smallest absolute Gasteiger partial charge is 0.163 e. The van der Waals surface area contributed by atoms with Crippen LogP contribution in [0.25, 0.3) is 0 Å². The molecule has 0 saturated carbocycles. The molecule has 0 heterocycles. The fourth-order valence-electron chi connectivity index (χ4n) is 0.911. The maximum Gasteiger partial charge on any atom is 0.163 e. The topological polar surface area (TPSA) is 37.3 Å². The maximum atomic E-state index is 11.4. The van der Waals surface area contributed by atoms with Crippen molar-refractivity contribution in [1.29, 1.82) is 0 Å². The Labute approximate surface area is 98.6 Å². The van der Waals surface area contributed by atoms with Crippen LogP contribution >= 0.6 is 38.5 Å². The molecule has 1 rings (SSSR count). The van der Waals surface area contributed by atoms with Gasteiger partial charge in [0, 0.05) is 17.3 Å². The van der Waals surface area contributed by atoms with Crippen LogP contribution in [0.5, 0.6) is 5.75 Å². The van der Waals surface area contributed by atoms with Gasteiger partial charge in [-0.2, -0.15) is 0 Å². The third-order valence-corrected chi connectivity index (χ3v) is 2.85. The van der Waals surface area contributed by atoms with Gasteiger partial charge in [-0.3, -0.25) is 4.79 Å². The summed E-state index contributed by atoms with van der Waals surface area (Å²) >= 11 is 5.21. The third kappa shape index (κ3) is 2.95. The van der Waals surface area contributed by atoms with Gasteiger partial charge in [-0.1, -0.05) is 15.9 Å². The first kappa shape index (κ1) is 11.0. The van der Waals surface area contributed by atoms with Gasteiger partial charge >= 0.3 is 0 Å². The number of carbonyl (C=O) groups is 1. The predicted molar refractivity (Wildman–Crippen MR) is 63.6 cm³/mol. The number of phenols is 1. The van der Waals surface area contributed by atoms with Gasteiger partial charge in [0.1, 0.15) is 5.75 Å². The summed E-state index contributed by atoms with van der Waals surface area (Å²) in [6.45, 7) is 0. The van der Waals surface area contributed by atoms with Crippen LogP contribution in [0.1, 0.15) is 16.8 Å². The second-order valence-electron chi connectivity index (χ2n) is 2.53. The lowest BCUT2D eigenvalue weighted by Crippen LogP contribution is -1.99. The third-order valence-electron chi connectivity index (χ3n) is 1.59. The van der Waals surface area contributed by atoms with Gasteiger partial charge in [0.05, 0.1) is 3.57 Å². The van der Waals surface area contributed by atoms with Gasteiger partial charge in [-0.15, -0.1) is 0 Å². The summed E-state index contributed by atoms with van der Waals surface area (Å²) < 4.78 is 0.707. The molecule has 1 N–H and O–H groups in total. The van der Waals surface area contributed by atoms with Crippen LogP contribution < -0.4 is 0 Å². The largest absolute Gasteiger partial charge is 0.507 e. The summed E-state index contributed by atoms with van der Waals surface area (Å²) in [5.74, 6) is 0.311. The molecular weight excluding hydrogens is 347 g/mol. The molecule has 0 saturated heterocycles. The lowest BCUT2D eigenvalue weighted by molar-refractivity contribution is 0.0990. The summed E-state index contributed by atoms with van der Waals surface area (Å²) in [7, 11) is 0. The molecule has 2 nitrogen and oxygen atoms in total. The summed E-state index contributed by atoms with van der Waals surface area (Å²) in [6, 6.07) is 4.88. The van der Waals surface area contributed by atoms with Crippen molar-refractivity contribution in [2.45, 2.75) is 6.42 Å². The average Bonchev–Trinajstić information content (AvgIpc) is 2.10. The number of rotatable bonds is 3. The maximum absolute atomic E-state index is 11.4. The summed E-state index contributed by atoms with van der Waals surface area (Å²) in [4.78, 5) is 11.4. The van der Waals surface area contributed by atoms with E-state index in [-0.39, 0.29) is 11.5 Å². The van der Waals surface area contributed by atoms with Crippen LogP contribution in [0.15, 0.2) is 18.2 Å². The van der Waals surface area contributed by atoms with Gasteiger partial charge in [0.2, 0.25) is 0 Å². The highest BCUT2D eigenvalue weighted by molar-refractivity contribution is 14.1. The number of ketones is 1. The Morgan fingerprint density at radius 3 is 2.77 bits per heavy atom. The van der Waals surface area contributed by atoms with E-state index in [1.54, 1.807) is 18.2 Å². The molecule has 13 heavy (non-hydrogen) atoms. The van der Waals surface area contributed by atoms with E-state index in [0.29, 0.717) is 20.9 Å². The van der Waals surface area contributed by atoms with Crippen LogP contribution in [-0.4, -0.2) is 16.2 Å². The molecule has 0 aliphatic carbocycles. The highest BCUT2D eigenvalue weighted by Crippen LogP contribution is 2.20. The molecule has 0 spiro atoms. The van der Waals surface area contributed by atoms with Crippen molar-refractivity contribution < 1.29 is 9.90 Å². The number of Topliss-reactive ketones (excluding diaryl/α,β-unsaturated/α-hetero) is 1. The summed E-state index contributed by atoms with van der Waals surface area (Å²) in [5.41, 5.74) is 0.654. The SMILES string of the molecule is O=C(CCBr)c1ccc(O)c(I)c1. The van der Waals surface area contributed by atoms with E-state index < -0.39 is 0 Å². The van der Waals surface area contributed by atoms with Crippen molar-refractivity contribution in [2.24, 2.45) is 0 Å². The lowest BCUT2D eigenvalue weighted by atomic mass is 10.1. The van der Waals surface area contributed by atoms with Gasteiger partial charge in [0.25, 0.3) is 0 Å². The van der Waals surface area contributed by atoms with Crippen molar-refractivity contribution in [3.63, 3.8) is 0 Å². The molecule has 0 bridgehead atoms. The Kier molecular flexibility index (Phi) is 4.18. The summed E-state index contributed by atoms with van der Waals surface area (Å²) in [6.07, 6.45) is 0.487. The molecule has 70 valence electrons. The first-order chi connectivity index (χ1) is 6.15. The van der Waals surface area contributed by atoms with Gasteiger partial charge in [0.15, 0.2) is 5.78 Å². The average molecular weight is 355 g/mol. The number of hydrogen-bond acceptors (Lipinski definition) is 2. The highest BCUT2D eigenvalue weighted by atomic mass is 127. The summed E-state index contributed by atoms with van der Waals surface area (Å²) in [5, 5.41) is 9.90. The molecule has 0 aromatic heterocycles. The molecule has 0 amide bonds. The van der Waals surface area contributed by atoms with E-state index in [0.717, 1.165) is 0 Å². The van der Waals surface area contributed by atoms with Gasteiger partial charge in [-0.25, -0.2) is 0 Å². The Morgan fingerprint density at radius 1 is 1.54 bits per heavy atom. The molecule has 4 heteroatoms. The van der Waals surface area contributed by atoms with Crippen LogP contribution in [0.4, 0.5) is 0 Å². The number of carbonyl (C=O) groups excluding carboxylic acids is 1. The minimum Gasteiger partial charge on any atom is -0.507 e. The number of aromatic hydroxyl groups is 1. The number of alkyl halides is 1. The fraction of sp³-hybridized carbons (Fsp3) is 0.222. The van der Waals surface area contributed by atoms with Crippen molar-refractivity contribution in [1.82, 2.24) is 0 Å². The van der Waals surface area contributed by atoms with E-state index in [4.69, 9.17) is 0 Å². The Hall–Kier alpha value is -0.100. The van der Waals surface area contributed by atoms with E-state index >= 15 is 0 Å². The first-order valence-corrected chi connectivity index (χ1v) is 5.93. The van der Waals surface area contributed by atoms with Crippen LogP contribution in [0.3, 0.4) is 0 Å². The van der Waals surface area contributed by atoms with Gasteiger partial charge in [-0.05, 0) is 40.8 Å². The Bertz CT molecular complexity index is 325. The van der Waals surface area contributed by atoms with Crippen molar-refractivity contribution in [3.05, 3.63) is 27.3 Å². The normalized spacial score (nSPS) is 10.0. The fourth-order valence-corrected chi connectivity index (χ4v) is 1.79. The van der Waals surface area contributed by atoms with E-state index in [1.165, 1.54) is 0 Å². The van der Waals surface area contributed by atoms with E-state index in [2.05, 4.69) is 15.9 Å². The standard InChI is InChI=1S/C9H8BrIO2/c10-4-3-8(12)6-1-2-9(13)7(11)5-6/h1-2,5,13H,3-4H2. The Balaban J connectivity index is 2.90. The number of halogens is 2. The molecule has 1 aromatic carbocycles. The minimum atomic E-state index is 0.0924.